The fourth-order valence-corrected chi connectivity index (χ4v) is 2.61. The number of nitrogens with two attached hydrogens (primary N) is 2. The summed E-state index contributed by atoms with van der Waals surface area (Å²) in [6, 6.07) is 16.2. The molecular formula is C20H30N2O3+2. The normalized spacial score (nSPS) is 10.6. The Morgan fingerprint density at radius 2 is 1.68 bits per heavy atom. The van der Waals surface area contributed by atoms with E-state index in [2.05, 4.69) is 28.8 Å². The average Bonchev–Trinajstić information content (AvgIpc) is 2.65. The summed E-state index contributed by atoms with van der Waals surface area (Å²) in [6.07, 6.45) is 0. The van der Waals surface area contributed by atoms with Crippen LogP contribution in [0.3, 0.4) is 0 Å². The molecule has 2 aromatic carbocycles. The highest BCUT2D eigenvalue weighted by Gasteiger charge is 2.13. The molecule has 0 radical (unpaired) electrons. The fraction of sp³-hybridized carbons (Fsp3) is 0.400. The molecule has 0 saturated heterocycles. The molecule has 2 rings (SSSR count). The van der Waals surface area contributed by atoms with Gasteiger partial charge in [-0.05, 0) is 24.6 Å². The van der Waals surface area contributed by atoms with E-state index in [0.29, 0.717) is 13.2 Å². The van der Waals surface area contributed by atoms with Gasteiger partial charge in [-0.1, -0.05) is 36.4 Å². The number of hydrogen-bond acceptors (Lipinski definition) is 3. The number of para-hydroxylation sites is 1. The maximum absolute atomic E-state index is 8.80. The van der Waals surface area contributed by atoms with Crippen LogP contribution in [0, 0.1) is 0 Å². The predicted molar refractivity (Wildman–Crippen MR) is 97.6 cm³/mol. The third-order valence-electron chi connectivity index (χ3n) is 3.86. The van der Waals surface area contributed by atoms with Crippen molar-refractivity contribution in [3.63, 3.8) is 0 Å². The lowest BCUT2D eigenvalue weighted by Crippen LogP contribution is -2.94. The van der Waals surface area contributed by atoms with Crippen LogP contribution in [0.1, 0.15) is 18.1 Å². The molecule has 0 heterocycles. The van der Waals surface area contributed by atoms with Crippen LogP contribution in [0.15, 0.2) is 48.5 Å². The molecule has 0 spiro atoms. The zero-order valence-corrected chi connectivity index (χ0v) is 15.0. The summed E-state index contributed by atoms with van der Waals surface area (Å²) < 4.78 is 11.9. The van der Waals surface area contributed by atoms with Crippen molar-refractivity contribution in [3.8, 4) is 11.5 Å². The Bertz CT molecular complexity index is 605. The number of aliphatic hydroxyl groups excluding tert-OH is 1. The molecule has 0 unspecified atom stereocenters. The van der Waals surface area contributed by atoms with Crippen LogP contribution in [0.25, 0.3) is 0 Å². The first kappa shape index (κ1) is 19.2. The van der Waals surface area contributed by atoms with Gasteiger partial charge in [-0.25, -0.2) is 0 Å². The topological polar surface area (TPSA) is 71.9 Å². The van der Waals surface area contributed by atoms with E-state index in [0.717, 1.165) is 48.8 Å². The standard InChI is InChI=1S/C20H28N2O3/c1-2-24-19-10-6-9-18(15-22-12-11-21-13-14-23)20(19)25-16-17-7-4-3-5-8-17/h3-10,21-23H,2,11-16H2,1H3/p+2. The summed E-state index contributed by atoms with van der Waals surface area (Å²) in [5, 5.41) is 13.2. The van der Waals surface area contributed by atoms with Gasteiger partial charge in [0.1, 0.15) is 26.2 Å². The van der Waals surface area contributed by atoms with Crippen molar-refractivity contribution in [1.82, 2.24) is 0 Å². The van der Waals surface area contributed by atoms with Crippen LogP contribution in [0.2, 0.25) is 0 Å². The van der Waals surface area contributed by atoms with E-state index < -0.39 is 0 Å². The van der Waals surface area contributed by atoms with E-state index in [9.17, 15) is 0 Å². The number of rotatable bonds is 12. The predicted octanol–water partition coefficient (Wildman–Crippen LogP) is 0.283. The van der Waals surface area contributed by atoms with Gasteiger partial charge < -0.3 is 25.2 Å². The largest absolute Gasteiger partial charge is 0.490 e. The molecule has 0 saturated carbocycles. The zero-order chi connectivity index (χ0) is 17.7. The van der Waals surface area contributed by atoms with Gasteiger partial charge in [0.05, 0.1) is 25.3 Å². The third-order valence-corrected chi connectivity index (χ3v) is 3.86. The highest BCUT2D eigenvalue weighted by molar-refractivity contribution is 5.46. The molecule has 25 heavy (non-hydrogen) atoms. The van der Waals surface area contributed by atoms with Crippen molar-refractivity contribution < 1.29 is 25.2 Å². The molecule has 0 amide bonds. The monoisotopic (exact) mass is 346 g/mol. The Morgan fingerprint density at radius 1 is 0.880 bits per heavy atom. The van der Waals surface area contributed by atoms with Crippen molar-refractivity contribution in [2.75, 3.05) is 32.8 Å². The molecular weight excluding hydrogens is 316 g/mol. The Morgan fingerprint density at radius 3 is 2.44 bits per heavy atom. The van der Waals surface area contributed by atoms with E-state index in [1.165, 1.54) is 0 Å². The molecule has 0 atom stereocenters. The van der Waals surface area contributed by atoms with Crippen LogP contribution in [0.4, 0.5) is 0 Å². The van der Waals surface area contributed by atoms with Crippen LogP contribution < -0.4 is 20.1 Å². The first-order valence-corrected chi connectivity index (χ1v) is 9.00. The molecule has 5 heteroatoms. The minimum absolute atomic E-state index is 0.230. The van der Waals surface area contributed by atoms with E-state index in [1.54, 1.807) is 0 Å². The molecule has 0 bridgehead atoms. The Hall–Kier alpha value is -2.08. The van der Waals surface area contributed by atoms with E-state index in [1.807, 2.05) is 37.3 Å². The Labute approximate surface area is 150 Å². The zero-order valence-electron chi connectivity index (χ0n) is 15.0. The van der Waals surface area contributed by atoms with Crippen molar-refractivity contribution in [3.05, 3.63) is 59.7 Å². The lowest BCUT2D eigenvalue weighted by atomic mass is 10.1. The van der Waals surface area contributed by atoms with Crippen molar-refractivity contribution in [1.29, 1.82) is 0 Å². The molecule has 5 nitrogen and oxygen atoms in total. The van der Waals surface area contributed by atoms with Crippen molar-refractivity contribution in [2.24, 2.45) is 0 Å². The number of quaternary nitrogens is 2. The van der Waals surface area contributed by atoms with Gasteiger partial charge in [0, 0.05) is 0 Å². The van der Waals surface area contributed by atoms with Gasteiger partial charge in [-0.15, -0.1) is 0 Å². The highest BCUT2D eigenvalue weighted by atomic mass is 16.5. The molecule has 0 aliphatic heterocycles. The Kier molecular flexibility index (Phi) is 8.83. The quantitative estimate of drug-likeness (QED) is 0.484. The average molecular weight is 346 g/mol. The minimum Gasteiger partial charge on any atom is -0.490 e. The highest BCUT2D eigenvalue weighted by Crippen LogP contribution is 2.31. The number of benzene rings is 2. The van der Waals surface area contributed by atoms with Crippen molar-refractivity contribution >= 4 is 0 Å². The number of aliphatic hydroxyl groups is 1. The molecule has 136 valence electrons. The van der Waals surface area contributed by atoms with Crippen LogP contribution in [-0.4, -0.2) is 38.0 Å². The van der Waals surface area contributed by atoms with Gasteiger partial charge in [0.15, 0.2) is 11.5 Å². The van der Waals surface area contributed by atoms with Crippen LogP contribution in [0.5, 0.6) is 11.5 Å². The smallest absolute Gasteiger partial charge is 0.170 e. The second kappa shape index (κ2) is 11.5. The SMILES string of the molecule is CCOc1cccc(C[NH2+]CC[NH2+]CCO)c1OCc1ccccc1. The summed E-state index contributed by atoms with van der Waals surface area (Å²) >= 11 is 0. The Balaban J connectivity index is 1.98. The van der Waals surface area contributed by atoms with Gasteiger partial charge in [0.25, 0.3) is 0 Å². The van der Waals surface area contributed by atoms with Crippen LogP contribution in [-0.2, 0) is 13.2 Å². The van der Waals surface area contributed by atoms with E-state index >= 15 is 0 Å². The minimum atomic E-state index is 0.230. The molecule has 0 aromatic heterocycles. The summed E-state index contributed by atoms with van der Waals surface area (Å²) in [5.74, 6) is 1.64. The molecule has 0 aliphatic rings. The summed E-state index contributed by atoms with van der Waals surface area (Å²) in [7, 11) is 0. The molecule has 5 N–H and O–H groups in total. The number of ether oxygens (including phenoxy) is 2. The maximum atomic E-state index is 8.80. The van der Waals surface area contributed by atoms with Gasteiger partial charge in [-0.2, -0.15) is 0 Å². The second-order valence-corrected chi connectivity index (χ2v) is 5.82. The van der Waals surface area contributed by atoms with Gasteiger partial charge in [-0.3, -0.25) is 0 Å². The molecule has 0 aliphatic carbocycles. The van der Waals surface area contributed by atoms with Crippen LogP contribution >= 0.6 is 0 Å². The second-order valence-electron chi connectivity index (χ2n) is 5.82. The first-order valence-electron chi connectivity index (χ1n) is 9.00. The van der Waals surface area contributed by atoms with Gasteiger partial charge >= 0.3 is 0 Å². The fourth-order valence-electron chi connectivity index (χ4n) is 2.61. The summed E-state index contributed by atoms with van der Waals surface area (Å²) in [6.45, 7) is 6.96. The maximum Gasteiger partial charge on any atom is 0.170 e. The van der Waals surface area contributed by atoms with E-state index in [4.69, 9.17) is 14.6 Å². The molecule has 0 fully saturated rings. The van der Waals surface area contributed by atoms with E-state index in [-0.39, 0.29) is 6.61 Å². The molecule has 2 aromatic rings. The van der Waals surface area contributed by atoms with Crippen molar-refractivity contribution in [2.45, 2.75) is 20.1 Å². The lowest BCUT2D eigenvalue weighted by molar-refractivity contribution is -0.731. The first-order chi connectivity index (χ1) is 12.3. The van der Waals surface area contributed by atoms with Gasteiger partial charge in [0.2, 0.25) is 0 Å². The summed E-state index contributed by atoms with van der Waals surface area (Å²) in [5.41, 5.74) is 2.28. The summed E-state index contributed by atoms with van der Waals surface area (Å²) in [4.78, 5) is 0. The lowest BCUT2D eigenvalue weighted by Gasteiger charge is -2.15. The third kappa shape index (κ3) is 6.74. The number of hydrogen-bond donors (Lipinski definition) is 3.